The zero-order valence-corrected chi connectivity index (χ0v) is 16.9. The largest absolute Gasteiger partial charge is 0.509 e. The average Bonchev–Trinajstić information content (AvgIpc) is 3.47. The number of fused-ring (bicyclic) bond motifs is 2. The van der Waals surface area contributed by atoms with Gasteiger partial charge in [0, 0.05) is 6.20 Å². The van der Waals surface area contributed by atoms with E-state index in [9.17, 15) is 14.4 Å². The fraction of sp³-hybridized carbons (Fsp3) is 0.429. The van der Waals surface area contributed by atoms with Crippen molar-refractivity contribution in [2.75, 3.05) is 12.1 Å². The normalized spacial score (nSPS) is 25.6. The molecule has 0 radical (unpaired) electrons. The summed E-state index contributed by atoms with van der Waals surface area (Å²) < 4.78 is 22.7. The molecule has 0 spiro atoms. The van der Waals surface area contributed by atoms with Crippen LogP contribution in [0.2, 0.25) is 0 Å². The Balaban J connectivity index is 1.25. The van der Waals surface area contributed by atoms with Gasteiger partial charge in [-0.15, -0.1) is 0 Å². The molecule has 0 bridgehead atoms. The topological polar surface area (TPSA) is 138 Å². The zero-order chi connectivity index (χ0) is 22.2. The Hall–Kier alpha value is -3.44. The molecule has 2 N–H and O–H groups in total. The van der Waals surface area contributed by atoms with Gasteiger partial charge in [-0.05, 0) is 42.0 Å². The van der Waals surface area contributed by atoms with E-state index < -0.39 is 42.4 Å². The molecule has 4 atom stereocenters. The van der Waals surface area contributed by atoms with Gasteiger partial charge < -0.3 is 18.9 Å². The number of aromatic nitrogens is 2. The maximum atomic E-state index is 12.4. The predicted octanol–water partition coefficient (Wildman–Crippen LogP) is 1.12. The number of hydrogen-bond donors (Lipinski definition) is 2. The van der Waals surface area contributed by atoms with Crippen LogP contribution in [0.15, 0.2) is 35.3 Å². The van der Waals surface area contributed by atoms with Crippen LogP contribution in [0.5, 0.6) is 0 Å². The van der Waals surface area contributed by atoms with Gasteiger partial charge in [-0.3, -0.25) is 20.0 Å². The van der Waals surface area contributed by atoms with E-state index >= 15 is 0 Å². The molecule has 3 aliphatic rings. The lowest BCUT2D eigenvalue weighted by atomic mass is 10.0. The van der Waals surface area contributed by atoms with E-state index in [4.69, 9.17) is 24.2 Å². The van der Waals surface area contributed by atoms with Crippen LogP contribution in [0.25, 0.3) is 0 Å². The summed E-state index contributed by atoms with van der Waals surface area (Å²) in [7, 11) is 0. The van der Waals surface area contributed by atoms with E-state index in [-0.39, 0.29) is 18.8 Å². The van der Waals surface area contributed by atoms with Gasteiger partial charge in [0.2, 0.25) is 0 Å². The van der Waals surface area contributed by atoms with Crippen molar-refractivity contribution in [2.24, 2.45) is 0 Å². The molecule has 11 nitrogen and oxygen atoms in total. The smallest absolute Gasteiger partial charge is 0.463 e. The number of benzene rings is 1. The van der Waals surface area contributed by atoms with E-state index in [1.165, 1.54) is 23.4 Å². The highest BCUT2D eigenvalue weighted by molar-refractivity contribution is 5.72. The number of carbonyl (C=O) groups is 2. The Morgan fingerprint density at radius 2 is 2.00 bits per heavy atom. The molecule has 5 rings (SSSR count). The summed E-state index contributed by atoms with van der Waals surface area (Å²) >= 11 is 0. The van der Waals surface area contributed by atoms with Gasteiger partial charge >= 0.3 is 17.8 Å². The summed E-state index contributed by atoms with van der Waals surface area (Å²) in [5, 5.41) is 8.89. The van der Waals surface area contributed by atoms with E-state index in [1.807, 2.05) is 12.1 Å². The Kier molecular flexibility index (Phi) is 5.27. The molecule has 168 valence electrons. The Labute approximate surface area is 181 Å². The number of aryl methyl sites for hydroxylation is 2. The summed E-state index contributed by atoms with van der Waals surface area (Å²) in [6.45, 7) is -0.170. The molecule has 2 aromatic rings. The Bertz CT molecular complexity index is 1120. The van der Waals surface area contributed by atoms with E-state index in [0.717, 1.165) is 29.4 Å². The van der Waals surface area contributed by atoms with Gasteiger partial charge in [0.15, 0.2) is 24.3 Å². The molecule has 32 heavy (non-hydrogen) atoms. The molecule has 0 amide bonds. The number of rotatable bonds is 6. The summed E-state index contributed by atoms with van der Waals surface area (Å²) in [4.78, 5) is 40.0. The Morgan fingerprint density at radius 1 is 1.19 bits per heavy atom. The van der Waals surface area contributed by atoms with E-state index in [0.29, 0.717) is 0 Å². The maximum absolute atomic E-state index is 12.4. The van der Waals surface area contributed by atoms with Gasteiger partial charge in [-0.1, -0.05) is 18.2 Å². The first kappa shape index (κ1) is 20.5. The van der Waals surface area contributed by atoms with Crippen molar-refractivity contribution in [3.63, 3.8) is 0 Å². The number of ether oxygens (including phenoxy) is 4. The molecule has 11 heteroatoms. The second-order valence-electron chi connectivity index (χ2n) is 7.91. The van der Waals surface area contributed by atoms with Crippen LogP contribution in [0, 0.1) is 0 Å². The monoisotopic (exact) mass is 443 g/mol. The van der Waals surface area contributed by atoms with Crippen molar-refractivity contribution in [3.8, 4) is 0 Å². The van der Waals surface area contributed by atoms with Crippen LogP contribution in [0.3, 0.4) is 0 Å². The van der Waals surface area contributed by atoms with Gasteiger partial charge in [0.1, 0.15) is 12.7 Å². The third-order valence-electron chi connectivity index (χ3n) is 5.89. The molecular formula is C21H21N3O8. The van der Waals surface area contributed by atoms with Crippen LogP contribution in [-0.4, -0.2) is 51.8 Å². The summed E-state index contributed by atoms with van der Waals surface area (Å²) in [5.74, 6) is -0.480. The van der Waals surface area contributed by atoms with Crippen molar-refractivity contribution < 1.29 is 33.7 Å². The molecule has 0 saturated carbocycles. The SMILES string of the molecule is O=C(Cc1ccc2c(c1)CCC2)OC[C@H]1O[C@@H](n2ccc(NO)nc2=O)[C@@H]2OC(=O)O[C@@H]21. The van der Waals surface area contributed by atoms with Crippen LogP contribution in [0.4, 0.5) is 10.6 Å². The molecular weight excluding hydrogens is 422 g/mol. The summed E-state index contributed by atoms with van der Waals surface area (Å²) in [6.07, 6.45) is 0.203. The number of nitrogens with one attached hydrogen (secondary N) is 1. The van der Waals surface area contributed by atoms with E-state index in [2.05, 4.69) is 11.1 Å². The van der Waals surface area contributed by atoms with Crippen molar-refractivity contribution in [1.82, 2.24) is 9.55 Å². The maximum Gasteiger partial charge on any atom is 0.509 e. The lowest BCUT2D eigenvalue weighted by molar-refractivity contribution is -0.150. The fourth-order valence-electron chi connectivity index (χ4n) is 4.38. The first-order valence-corrected chi connectivity index (χ1v) is 10.3. The number of hydrogen-bond acceptors (Lipinski definition) is 10. The van der Waals surface area contributed by atoms with Gasteiger partial charge in [0.05, 0.1) is 6.42 Å². The fourth-order valence-corrected chi connectivity index (χ4v) is 4.38. The number of carbonyl (C=O) groups excluding carboxylic acids is 2. The van der Waals surface area contributed by atoms with Crippen LogP contribution < -0.4 is 11.2 Å². The standard InChI is InChI=1S/C21H21N3O8/c25-16(9-11-4-5-12-2-1-3-13(12)8-11)29-10-14-17-18(32-21(27)31-17)19(30-14)24-7-6-15(23-28)22-20(24)26/h4-8,14,17-19,28H,1-3,9-10H2,(H,22,23,26)/t14-,17-,18-,19-/m1/s1. The molecule has 2 aliphatic heterocycles. The minimum atomic E-state index is -1.01. The molecule has 2 fully saturated rings. The molecule has 1 aliphatic carbocycles. The second kappa shape index (κ2) is 8.24. The van der Waals surface area contributed by atoms with Crippen LogP contribution >= 0.6 is 0 Å². The second-order valence-corrected chi connectivity index (χ2v) is 7.91. The van der Waals surface area contributed by atoms with Crippen molar-refractivity contribution in [3.05, 3.63) is 57.6 Å². The van der Waals surface area contributed by atoms with Crippen LogP contribution in [-0.2, 0) is 43.0 Å². The third kappa shape index (κ3) is 3.80. The van der Waals surface area contributed by atoms with Crippen molar-refractivity contribution in [1.29, 1.82) is 0 Å². The quantitative estimate of drug-likeness (QED) is 0.493. The highest BCUT2D eigenvalue weighted by Gasteiger charge is 2.55. The average molecular weight is 443 g/mol. The zero-order valence-electron chi connectivity index (χ0n) is 16.9. The van der Waals surface area contributed by atoms with Crippen molar-refractivity contribution >= 4 is 17.9 Å². The number of nitrogens with zero attached hydrogens (tertiary/aromatic N) is 2. The highest BCUT2D eigenvalue weighted by atomic mass is 16.8. The third-order valence-corrected chi connectivity index (χ3v) is 5.89. The molecule has 2 saturated heterocycles. The van der Waals surface area contributed by atoms with Gasteiger partial charge in [-0.2, -0.15) is 4.98 Å². The molecule has 0 unspecified atom stereocenters. The first-order chi connectivity index (χ1) is 15.5. The number of anilines is 1. The minimum Gasteiger partial charge on any atom is -0.463 e. The van der Waals surface area contributed by atoms with Crippen LogP contribution in [0.1, 0.15) is 29.3 Å². The summed E-state index contributed by atoms with van der Waals surface area (Å²) in [6, 6.07) is 7.37. The lowest BCUT2D eigenvalue weighted by Gasteiger charge is -2.18. The van der Waals surface area contributed by atoms with Gasteiger partial charge in [0.25, 0.3) is 0 Å². The molecule has 3 heterocycles. The molecule has 1 aromatic carbocycles. The minimum absolute atomic E-state index is 0.0440. The highest BCUT2D eigenvalue weighted by Crippen LogP contribution is 2.37. The lowest BCUT2D eigenvalue weighted by Crippen LogP contribution is -2.34. The van der Waals surface area contributed by atoms with Gasteiger partial charge in [-0.25, -0.2) is 9.59 Å². The molecule has 1 aromatic heterocycles. The summed E-state index contributed by atoms with van der Waals surface area (Å²) in [5.41, 5.74) is 4.53. The van der Waals surface area contributed by atoms with Crippen molar-refractivity contribution in [2.45, 2.75) is 50.2 Å². The predicted molar refractivity (Wildman–Crippen MR) is 106 cm³/mol. The van der Waals surface area contributed by atoms with E-state index in [1.54, 1.807) is 5.48 Å². The first-order valence-electron chi connectivity index (χ1n) is 10.3. The number of esters is 1. The Morgan fingerprint density at radius 3 is 2.81 bits per heavy atom.